The van der Waals surface area contributed by atoms with Gasteiger partial charge in [0, 0.05) is 32.6 Å². The summed E-state index contributed by atoms with van der Waals surface area (Å²) in [5.74, 6) is -1.39. The number of benzene rings is 2. The van der Waals surface area contributed by atoms with Crippen LogP contribution in [0.25, 0.3) is 0 Å². The third kappa shape index (κ3) is 5.62. The van der Waals surface area contributed by atoms with Crippen molar-refractivity contribution in [2.45, 2.75) is 17.9 Å². The molecule has 2 aromatic rings. The van der Waals surface area contributed by atoms with Crippen molar-refractivity contribution in [3.8, 4) is 0 Å². The SMILES string of the molecule is CNC(=O)c1ccc(CN(C)C(=O)CCS(=O)(=O)c2ccc(F)cc2)cc1. The van der Waals surface area contributed by atoms with Crippen molar-refractivity contribution in [2.24, 2.45) is 0 Å². The summed E-state index contributed by atoms with van der Waals surface area (Å²) in [4.78, 5) is 25.2. The summed E-state index contributed by atoms with van der Waals surface area (Å²) in [6.45, 7) is 0.295. The first-order valence-electron chi connectivity index (χ1n) is 8.26. The Morgan fingerprint density at radius 3 is 2.19 bits per heavy atom. The highest BCUT2D eigenvalue weighted by Crippen LogP contribution is 2.14. The number of hydrogen-bond donors (Lipinski definition) is 1. The van der Waals surface area contributed by atoms with Gasteiger partial charge >= 0.3 is 0 Å². The predicted octanol–water partition coefficient (Wildman–Crippen LogP) is 2.01. The number of amides is 2. The Morgan fingerprint density at radius 1 is 1.04 bits per heavy atom. The Bertz CT molecular complexity index is 910. The van der Waals surface area contributed by atoms with E-state index in [-0.39, 0.29) is 28.9 Å². The average molecular weight is 392 g/mol. The van der Waals surface area contributed by atoms with Gasteiger partial charge in [0.25, 0.3) is 5.91 Å². The van der Waals surface area contributed by atoms with Gasteiger partial charge in [-0.25, -0.2) is 12.8 Å². The maximum Gasteiger partial charge on any atom is 0.251 e. The Balaban J connectivity index is 1.93. The Labute approximate surface area is 157 Å². The highest BCUT2D eigenvalue weighted by Gasteiger charge is 2.18. The third-order valence-electron chi connectivity index (χ3n) is 4.05. The minimum absolute atomic E-state index is 0.0101. The van der Waals surface area contributed by atoms with Crippen LogP contribution in [-0.4, -0.2) is 45.0 Å². The van der Waals surface area contributed by atoms with E-state index >= 15 is 0 Å². The number of hydrogen-bond acceptors (Lipinski definition) is 4. The first-order valence-corrected chi connectivity index (χ1v) is 9.91. The van der Waals surface area contributed by atoms with E-state index in [0.717, 1.165) is 17.7 Å². The summed E-state index contributed by atoms with van der Waals surface area (Å²) < 4.78 is 37.4. The molecule has 6 nitrogen and oxygen atoms in total. The van der Waals surface area contributed by atoms with Crippen molar-refractivity contribution in [3.05, 3.63) is 65.5 Å². The molecule has 144 valence electrons. The molecule has 0 saturated carbocycles. The van der Waals surface area contributed by atoms with E-state index in [1.165, 1.54) is 17.0 Å². The van der Waals surface area contributed by atoms with Gasteiger partial charge < -0.3 is 10.2 Å². The molecule has 0 atom stereocenters. The van der Waals surface area contributed by atoms with Gasteiger partial charge in [-0.2, -0.15) is 0 Å². The van der Waals surface area contributed by atoms with Gasteiger partial charge in [0.2, 0.25) is 5.91 Å². The quantitative estimate of drug-likeness (QED) is 0.731. The van der Waals surface area contributed by atoms with Crippen molar-refractivity contribution >= 4 is 21.7 Å². The molecule has 2 aromatic carbocycles. The lowest BCUT2D eigenvalue weighted by atomic mass is 10.1. The molecule has 0 saturated heterocycles. The van der Waals surface area contributed by atoms with Gasteiger partial charge in [-0.05, 0) is 42.0 Å². The maximum absolute atomic E-state index is 12.9. The third-order valence-corrected chi connectivity index (χ3v) is 5.78. The van der Waals surface area contributed by atoms with E-state index in [9.17, 15) is 22.4 Å². The lowest BCUT2D eigenvalue weighted by Gasteiger charge is -2.17. The second-order valence-electron chi connectivity index (χ2n) is 6.05. The van der Waals surface area contributed by atoms with Crippen LogP contribution >= 0.6 is 0 Å². The zero-order chi connectivity index (χ0) is 20.0. The number of sulfone groups is 1. The summed E-state index contributed by atoms with van der Waals surface area (Å²) in [7, 11) is -0.528. The molecule has 0 aromatic heterocycles. The van der Waals surface area contributed by atoms with Crippen LogP contribution < -0.4 is 5.32 Å². The summed E-state index contributed by atoms with van der Waals surface area (Å²) in [5, 5.41) is 2.53. The van der Waals surface area contributed by atoms with Gasteiger partial charge in [0.1, 0.15) is 5.82 Å². The molecule has 0 unspecified atom stereocenters. The van der Waals surface area contributed by atoms with E-state index in [4.69, 9.17) is 0 Å². The van der Waals surface area contributed by atoms with Gasteiger partial charge in [0.05, 0.1) is 10.6 Å². The zero-order valence-corrected chi connectivity index (χ0v) is 15.9. The summed E-state index contributed by atoms with van der Waals surface area (Å²) in [5.41, 5.74) is 1.33. The van der Waals surface area contributed by atoms with Crippen molar-refractivity contribution in [2.75, 3.05) is 19.8 Å². The normalized spacial score (nSPS) is 11.1. The molecule has 2 amide bonds. The fourth-order valence-corrected chi connectivity index (χ4v) is 3.67. The number of nitrogens with one attached hydrogen (secondary N) is 1. The monoisotopic (exact) mass is 392 g/mol. The zero-order valence-electron chi connectivity index (χ0n) is 15.1. The second-order valence-corrected chi connectivity index (χ2v) is 8.16. The van der Waals surface area contributed by atoms with Crippen LogP contribution in [0.2, 0.25) is 0 Å². The van der Waals surface area contributed by atoms with Gasteiger partial charge in [-0.1, -0.05) is 12.1 Å². The fourth-order valence-electron chi connectivity index (χ4n) is 2.44. The summed E-state index contributed by atoms with van der Waals surface area (Å²) >= 11 is 0. The Hall–Kier alpha value is -2.74. The molecular weight excluding hydrogens is 371 g/mol. The topological polar surface area (TPSA) is 83.6 Å². The minimum atomic E-state index is -3.66. The summed E-state index contributed by atoms with van der Waals surface area (Å²) in [6, 6.07) is 11.3. The first kappa shape index (κ1) is 20.6. The van der Waals surface area contributed by atoms with Crippen LogP contribution in [0, 0.1) is 5.82 Å². The molecule has 0 radical (unpaired) electrons. The molecule has 0 aliphatic carbocycles. The largest absolute Gasteiger partial charge is 0.355 e. The van der Waals surface area contributed by atoms with Crippen molar-refractivity contribution < 1.29 is 22.4 Å². The lowest BCUT2D eigenvalue weighted by molar-refractivity contribution is -0.130. The second kappa shape index (κ2) is 8.77. The number of carbonyl (C=O) groups excluding carboxylic acids is 2. The van der Waals surface area contributed by atoms with Gasteiger partial charge in [0.15, 0.2) is 9.84 Å². The van der Waals surface area contributed by atoms with Crippen molar-refractivity contribution in [1.29, 1.82) is 0 Å². The van der Waals surface area contributed by atoms with Crippen LogP contribution in [0.3, 0.4) is 0 Å². The van der Waals surface area contributed by atoms with Crippen LogP contribution in [0.4, 0.5) is 4.39 Å². The average Bonchev–Trinajstić information content (AvgIpc) is 2.66. The molecule has 8 heteroatoms. The highest BCUT2D eigenvalue weighted by molar-refractivity contribution is 7.91. The van der Waals surface area contributed by atoms with Crippen molar-refractivity contribution in [3.63, 3.8) is 0 Å². The van der Waals surface area contributed by atoms with Crippen LogP contribution in [-0.2, 0) is 21.2 Å². The fraction of sp³-hybridized carbons (Fsp3) is 0.263. The lowest BCUT2D eigenvalue weighted by Crippen LogP contribution is -2.28. The van der Waals surface area contributed by atoms with Crippen molar-refractivity contribution in [1.82, 2.24) is 10.2 Å². The molecule has 0 bridgehead atoms. The molecule has 0 heterocycles. The Morgan fingerprint density at radius 2 is 1.63 bits per heavy atom. The van der Waals surface area contributed by atoms with E-state index in [2.05, 4.69) is 5.32 Å². The number of halogens is 1. The van der Waals surface area contributed by atoms with E-state index in [1.807, 2.05) is 0 Å². The molecule has 0 fully saturated rings. The molecule has 0 spiro atoms. The standard InChI is InChI=1S/C19H21FN2O4S/c1-21-19(24)15-5-3-14(4-6-15)13-22(2)18(23)11-12-27(25,26)17-9-7-16(20)8-10-17/h3-10H,11-13H2,1-2H3,(H,21,24). The number of nitrogens with zero attached hydrogens (tertiary/aromatic N) is 1. The number of rotatable bonds is 7. The first-order chi connectivity index (χ1) is 12.7. The van der Waals surface area contributed by atoms with Crippen LogP contribution in [0.5, 0.6) is 0 Å². The molecule has 0 aliphatic heterocycles. The minimum Gasteiger partial charge on any atom is -0.355 e. The summed E-state index contributed by atoms with van der Waals surface area (Å²) in [6.07, 6.45) is -0.174. The predicted molar refractivity (Wildman–Crippen MR) is 99.4 cm³/mol. The van der Waals surface area contributed by atoms with Gasteiger partial charge in [-0.3, -0.25) is 9.59 Å². The molecule has 1 N–H and O–H groups in total. The molecule has 2 rings (SSSR count). The van der Waals surface area contributed by atoms with Crippen LogP contribution in [0.15, 0.2) is 53.4 Å². The van der Waals surface area contributed by atoms with Crippen LogP contribution in [0.1, 0.15) is 22.3 Å². The van der Waals surface area contributed by atoms with Gasteiger partial charge in [-0.15, -0.1) is 0 Å². The molecular formula is C19H21FN2O4S. The highest BCUT2D eigenvalue weighted by atomic mass is 32.2. The van der Waals surface area contributed by atoms with E-state index < -0.39 is 15.7 Å². The molecule has 27 heavy (non-hydrogen) atoms. The number of carbonyl (C=O) groups is 2. The molecule has 0 aliphatic rings. The smallest absolute Gasteiger partial charge is 0.251 e. The van der Waals surface area contributed by atoms with E-state index in [1.54, 1.807) is 38.4 Å². The maximum atomic E-state index is 12.9. The Kier molecular flexibility index (Phi) is 6.68. The van der Waals surface area contributed by atoms with E-state index in [0.29, 0.717) is 12.1 Å².